The predicted molar refractivity (Wildman–Crippen MR) is 105 cm³/mol. The highest BCUT2D eigenvalue weighted by Gasteiger charge is 2.35. The number of halogens is 1. The molecule has 4 nitrogen and oxygen atoms in total. The summed E-state index contributed by atoms with van der Waals surface area (Å²) in [6.45, 7) is 3.80. The number of hydrogen-bond donors (Lipinski definition) is 1. The molecule has 1 amide bonds. The first kappa shape index (κ1) is 18.9. The molecule has 2 aromatic rings. The van der Waals surface area contributed by atoms with Gasteiger partial charge in [0.2, 0.25) is 0 Å². The van der Waals surface area contributed by atoms with E-state index in [1.54, 1.807) is 6.92 Å². The normalized spacial score (nSPS) is 17.3. The van der Waals surface area contributed by atoms with Crippen molar-refractivity contribution in [3.8, 4) is 5.75 Å². The number of ether oxygens (including phenoxy) is 2. The van der Waals surface area contributed by atoms with Crippen molar-refractivity contribution in [2.24, 2.45) is 0 Å². The number of amides is 1. The Morgan fingerprint density at radius 3 is 2.46 bits per heavy atom. The van der Waals surface area contributed by atoms with Crippen molar-refractivity contribution in [2.75, 3.05) is 19.8 Å². The summed E-state index contributed by atoms with van der Waals surface area (Å²) in [6.07, 6.45) is 1.25. The number of carbonyl (C=O) groups is 1. The molecule has 1 heterocycles. The van der Waals surface area contributed by atoms with Gasteiger partial charge < -0.3 is 14.8 Å². The van der Waals surface area contributed by atoms with Crippen molar-refractivity contribution < 1.29 is 14.3 Å². The molecule has 1 aliphatic heterocycles. The first-order valence-electron chi connectivity index (χ1n) is 8.92. The lowest BCUT2D eigenvalue weighted by Gasteiger charge is -2.38. The van der Waals surface area contributed by atoms with Crippen LogP contribution < -0.4 is 10.1 Å². The Bertz CT molecular complexity index is 712. The van der Waals surface area contributed by atoms with Crippen LogP contribution in [0.3, 0.4) is 0 Å². The lowest BCUT2D eigenvalue weighted by Crippen LogP contribution is -2.47. The Balaban J connectivity index is 1.63. The third kappa shape index (κ3) is 4.65. The van der Waals surface area contributed by atoms with Crippen LogP contribution in [0.25, 0.3) is 0 Å². The largest absolute Gasteiger partial charge is 0.481 e. The Kier molecular flexibility index (Phi) is 6.33. The zero-order chi connectivity index (χ0) is 18.4. The van der Waals surface area contributed by atoms with Crippen molar-refractivity contribution >= 4 is 21.8 Å². The van der Waals surface area contributed by atoms with E-state index in [4.69, 9.17) is 9.47 Å². The predicted octanol–water partition coefficient (Wildman–Crippen LogP) is 4.08. The van der Waals surface area contributed by atoms with E-state index in [1.165, 1.54) is 5.56 Å². The smallest absolute Gasteiger partial charge is 0.260 e. The monoisotopic (exact) mass is 417 g/mol. The van der Waals surface area contributed by atoms with Gasteiger partial charge >= 0.3 is 0 Å². The number of nitrogens with one attached hydrogen (secondary N) is 1. The molecule has 0 saturated carbocycles. The lowest BCUT2D eigenvalue weighted by atomic mass is 9.74. The van der Waals surface area contributed by atoms with Crippen LogP contribution in [0, 0.1) is 0 Å². The minimum Gasteiger partial charge on any atom is -0.481 e. The molecule has 0 spiro atoms. The van der Waals surface area contributed by atoms with Crippen LogP contribution in [0.15, 0.2) is 59.1 Å². The molecule has 26 heavy (non-hydrogen) atoms. The molecule has 0 aliphatic carbocycles. The number of hydrogen-bond acceptors (Lipinski definition) is 3. The summed E-state index contributed by atoms with van der Waals surface area (Å²) in [5, 5.41) is 3.09. The third-order valence-corrected chi connectivity index (χ3v) is 5.46. The van der Waals surface area contributed by atoms with Gasteiger partial charge in [0.25, 0.3) is 5.91 Å². The molecule has 138 valence electrons. The average molecular weight is 418 g/mol. The Morgan fingerprint density at radius 1 is 1.15 bits per heavy atom. The fourth-order valence-electron chi connectivity index (χ4n) is 3.29. The van der Waals surface area contributed by atoms with Crippen molar-refractivity contribution in [1.29, 1.82) is 0 Å². The van der Waals surface area contributed by atoms with Gasteiger partial charge in [-0.05, 0) is 49.6 Å². The summed E-state index contributed by atoms with van der Waals surface area (Å²) in [4.78, 5) is 12.6. The van der Waals surface area contributed by atoms with Crippen LogP contribution in [0.2, 0.25) is 0 Å². The topological polar surface area (TPSA) is 47.6 Å². The highest BCUT2D eigenvalue weighted by atomic mass is 79.9. The van der Waals surface area contributed by atoms with E-state index in [0.717, 1.165) is 30.5 Å². The van der Waals surface area contributed by atoms with E-state index < -0.39 is 6.10 Å². The van der Waals surface area contributed by atoms with Crippen molar-refractivity contribution in [3.05, 3.63) is 64.6 Å². The van der Waals surface area contributed by atoms with Crippen LogP contribution in [0.1, 0.15) is 25.3 Å². The molecule has 1 N–H and O–H groups in total. The van der Waals surface area contributed by atoms with Crippen LogP contribution >= 0.6 is 15.9 Å². The minimum absolute atomic E-state index is 0.0769. The maximum atomic E-state index is 12.6. The number of carbonyl (C=O) groups excluding carboxylic acids is 1. The van der Waals surface area contributed by atoms with E-state index in [1.807, 2.05) is 42.5 Å². The highest BCUT2D eigenvalue weighted by Crippen LogP contribution is 2.34. The second-order valence-electron chi connectivity index (χ2n) is 6.69. The second-order valence-corrected chi connectivity index (χ2v) is 7.61. The summed E-state index contributed by atoms with van der Waals surface area (Å²) in [7, 11) is 0. The van der Waals surface area contributed by atoms with Crippen molar-refractivity contribution in [2.45, 2.75) is 31.3 Å². The maximum absolute atomic E-state index is 12.6. The molecule has 0 radical (unpaired) electrons. The van der Waals surface area contributed by atoms with Crippen molar-refractivity contribution in [1.82, 2.24) is 5.32 Å². The first-order valence-corrected chi connectivity index (χ1v) is 9.72. The van der Waals surface area contributed by atoms with Gasteiger partial charge in [0.15, 0.2) is 6.10 Å². The van der Waals surface area contributed by atoms with Gasteiger partial charge in [0.05, 0.1) is 0 Å². The summed E-state index contributed by atoms with van der Waals surface area (Å²) in [6, 6.07) is 17.9. The molecule has 0 unspecified atom stereocenters. The van der Waals surface area contributed by atoms with E-state index >= 15 is 0 Å². The summed E-state index contributed by atoms with van der Waals surface area (Å²) < 4.78 is 12.3. The highest BCUT2D eigenvalue weighted by molar-refractivity contribution is 9.10. The van der Waals surface area contributed by atoms with Gasteiger partial charge in [-0.3, -0.25) is 4.79 Å². The molecule has 0 bridgehead atoms. The van der Waals surface area contributed by atoms with Crippen LogP contribution in [-0.2, 0) is 14.9 Å². The number of rotatable bonds is 6. The Hall–Kier alpha value is -1.85. The SMILES string of the molecule is C[C@@H](Oc1ccc(Br)cc1)C(=O)NCC1(c2ccccc2)CCOCC1. The standard InChI is InChI=1S/C21H24BrNO3/c1-16(26-19-9-7-18(22)8-10-19)20(24)23-15-21(11-13-25-14-12-21)17-5-3-2-4-6-17/h2-10,16H,11-15H2,1H3,(H,23,24)/t16-/m1/s1. The Morgan fingerprint density at radius 2 is 1.81 bits per heavy atom. The first-order chi connectivity index (χ1) is 12.6. The van der Waals surface area contributed by atoms with Gasteiger partial charge in [-0.25, -0.2) is 0 Å². The summed E-state index contributed by atoms with van der Waals surface area (Å²) in [5.74, 6) is 0.578. The van der Waals surface area contributed by atoms with Crippen molar-refractivity contribution in [3.63, 3.8) is 0 Å². The molecule has 1 saturated heterocycles. The average Bonchev–Trinajstić information content (AvgIpc) is 2.69. The van der Waals surface area contributed by atoms with E-state index in [0.29, 0.717) is 12.3 Å². The van der Waals surface area contributed by atoms with E-state index in [2.05, 4.69) is 33.4 Å². The third-order valence-electron chi connectivity index (χ3n) is 4.93. The van der Waals surface area contributed by atoms with Gasteiger partial charge in [0, 0.05) is 29.6 Å². The van der Waals surface area contributed by atoms with Gasteiger partial charge in [0.1, 0.15) is 5.75 Å². The summed E-state index contributed by atoms with van der Waals surface area (Å²) in [5.41, 5.74) is 1.18. The van der Waals surface area contributed by atoms with Gasteiger partial charge in [-0.15, -0.1) is 0 Å². The number of benzene rings is 2. The Labute approximate surface area is 163 Å². The molecule has 0 aromatic heterocycles. The van der Waals surface area contributed by atoms with Crippen LogP contribution in [0.5, 0.6) is 5.75 Å². The maximum Gasteiger partial charge on any atom is 0.260 e. The second kappa shape index (κ2) is 8.69. The molecule has 2 aromatic carbocycles. The molecular formula is C21H24BrNO3. The van der Waals surface area contributed by atoms with E-state index in [-0.39, 0.29) is 11.3 Å². The zero-order valence-electron chi connectivity index (χ0n) is 14.9. The van der Waals surface area contributed by atoms with E-state index in [9.17, 15) is 4.79 Å². The van der Waals surface area contributed by atoms with Gasteiger partial charge in [-0.1, -0.05) is 46.3 Å². The molecule has 1 fully saturated rings. The summed E-state index contributed by atoms with van der Waals surface area (Å²) >= 11 is 3.39. The lowest BCUT2D eigenvalue weighted by molar-refractivity contribution is -0.127. The molecule has 1 aliphatic rings. The fraction of sp³-hybridized carbons (Fsp3) is 0.381. The molecular weight excluding hydrogens is 394 g/mol. The molecule has 5 heteroatoms. The molecule has 1 atom stereocenters. The quantitative estimate of drug-likeness (QED) is 0.769. The fourth-order valence-corrected chi connectivity index (χ4v) is 3.56. The van der Waals surface area contributed by atoms with Crippen LogP contribution in [0.4, 0.5) is 0 Å². The minimum atomic E-state index is -0.552. The molecule has 3 rings (SSSR count). The van der Waals surface area contributed by atoms with Crippen LogP contribution in [-0.4, -0.2) is 31.8 Å². The van der Waals surface area contributed by atoms with Gasteiger partial charge in [-0.2, -0.15) is 0 Å². The zero-order valence-corrected chi connectivity index (χ0v) is 16.5.